The molecule has 3 saturated heterocycles. The van der Waals surface area contributed by atoms with Crippen molar-refractivity contribution in [1.82, 2.24) is 14.8 Å². The van der Waals surface area contributed by atoms with Gasteiger partial charge >= 0.3 is 0 Å². The van der Waals surface area contributed by atoms with Crippen LogP contribution in [0.15, 0.2) is 18.3 Å². The molecule has 8 heteroatoms. The Morgan fingerprint density at radius 2 is 1.93 bits per heavy atom. The Labute approximate surface area is 158 Å². The third-order valence-electron chi connectivity index (χ3n) is 5.24. The summed E-state index contributed by atoms with van der Waals surface area (Å²) in [5.74, 6) is 0.440. The first-order chi connectivity index (χ1) is 13.2. The van der Waals surface area contributed by atoms with Crippen molar-refractivity contribution in [3.8, 4) is 5.88 Å². The van der Waals surface area contributed by atoms with Gasteiger partial charge in [-0.2, -0.15) is 0 Å². The van der Waals surface area contributed by atoms with Crippen LogP contribution in [0.1, 0.15) is 29.6 Å². The van der Waals surface area contributed by atoms with E-state index in [2.05, 4.69) is 4.98 Å². The summed E-state index contributed by atoms with van der Waals surface area (Å²) in [4.78, 5) is 33.0. The molecule has 27 heavy (non-hydrogen) atoms. The summed E-state index contributed by atoms with van der Waals surface area (Å²) in [6, 6.07) is 3.38. The molecule has 0 radical (unpaired) electrons. The van der Waals surface area contributed by atoms with Gasteiger partial charge in [-0.1, -0.05) is 0 Å². The van der Waals surface area contributed by atoms with Gasteiger partial charge in [0.15, 0.2) is 0 Å². The average Bonchev–Trinajstić information content (AvgIpc) is 3.41. The molecule has 1 aromatic heterocycles. The smallest absolute Gasteiger partial charge is 0.254 e. The van der Waals surface area contributed by atoms with E-state index in [1.807, 2.05) is 0 Å². The lowest BCUT2D eigenvalue weighted by Gasteiger charge is -2.35. The number of amides is 2. The van der Waals surface area contributed by atoms with Crippen molar-refractivity contribution in [3.05, 3.63) is 23.9 Å². The molecule has 8 nitrogen and oxygen atoms in total. The Bertz CT molecular complexity index is 678. The second-order valence-corrected chi connectivity index (χ2v) is 7.11. The molecule has 0 spiro atoms. The fourth-order valence-corrected chi connectivity index (χ4v) is 3.67. The number of ether oxygens (including phenoxy) is 3. The maximum Gasteiger partial charge on any atom is 0.254 e. The van der Waals surface area contributed by atoms with Gasteiger partial charge in [0.25, 0.3) is 11.8 Å². The first-order valence-electron chi connectivity index (χ1n) is 9.61. The van der Waals surface area contributed by atoms with Gasteiger partial charge in [-0.05, 0) is 18.9 Å². The Hall–Kier alpha value is -2.19. The van der Waals surface area contributed by atoms with E-state index in [1.165, 1.54) is 0 Å². The largest absolute Gasteiger partial charge is 0.472 e. The van der Waals surface area contributed by atoms with Crippen LogP contribution in [0.2, 0.25) is 0 Å². The molecule has 2 amide bonds. The minimum atomic E-state index is -0.299. The van der Waals surface area contributed by atoms with Crippen LogP contribution in [0.4, 0.5) is 0 Å². The maximum atomic E-state index is 12.8. The molecule has 0 aliphatic carbocycles. The molecule has 2 atom stereocenters. The van der Waals surface area contributed by atoms with Gasteiger partial charge < -0.3 is 24.0 Å². The highest BCUT2D eigenvalue weighted by atomic mass is 16.5. The van der Waals surface area contributed by atoms with Crippen molar-refractivity contribution in [2.75, 3.05) is 46.0 Å². The Balaban J connectivity index is 1.33. The van der Waals surface area contributed by atoms with Crippen LogP contribution in [0.3, 0.4) is 0 Å². The molecule has 146 valence electrons. The van der Waals surface area contributed by atoms with E-state index >= 15 is 0 Å². The number of rotatable bonds is 4. The topological polar surface area (TPSA) is 81.2 Å². The van der Waals surface area contributed by atoms with Crippen molar-refractivity contribution < 1.29 is 23.8 Å². The van der Waals surface area contributed by atoms with Crippen molar-refractivity contribution in [1.29, 1.82) is 0 Å². The van der Waals surface area contributed by atoms with Crippen molar-refractivity contribution in [3.63, 3.8) is 0 Å². The fraction of sp³-hybridized carbons (Fsp3) is 0.632. The summed E-state index contributed by atoms with van der Waals surface area (Å²) in [5.41, 5.74) is 0.554. The zero-order chi connectivity index (χ0) is 18.6. The van der Waals surface area contributed by atoms with E-state index in [4.69, 9.17) is 14.2 Å². The molecule has 0 bridgehead atoms. The van der Waals surface area contributed by atoms with Gasteiger partial charge in [0, 0.05) is 57.0 Å². The van der Waals surface area contributed by atoms with Crippen LogP contribution in [0.5, 0.6) is 5.88 Å². The Morgan fingerprint density at radius 3 is 2.63 bits per heavy atom. The van der Waals surface area contributed by atoms with Gasteiger partial charge in [0.1, 0.15) is 12.2 Å². The molecule has 4 heterocycles. The molecule has 2 unspecified atom stereocenters. The molecule has 0 aromatic carbocycles. The van der Waals surface area contributed by atoms with E-state index < -0.39 is 0 Å². The molecule has 1 aromatic rings. The second-order valence-electron chi connectivity index (χ2n) is 7.11. The van der Waals surface area contributed by atoms with Crippen LogP contribution < -0.4 is 4.74 Å². The second kappa shape index (κ2) is 8.22. The molecular formula is C19H25N3O5. The lowest BCUT2D eigenvalue weighted by Crippen LogP contribution is -2.52. The minimum absolute atomic E-state index is 0.00443. The summed E-state index contributed by atoms with van der Waals surface area (Å²) in [6.07, 6.45) is 3.86. The fourth-order valence-electron chi connectivity index (χ4n) is 3.67. The van der Waals surface area contributed by atoms with E-state index in [0.717, 1.165) is 19.3 Å². The van der Waals surface area contributed by atoms with Gasteiger partial charge in [-0.25, -0.2) is 4.98 Å². The van der Waals surface area contributed by atoms with Crippen molar-refractivity contribution in [2.24, 2.45) is 0 Å². The lowest BCUT2D eigenvalue weighted by molar-refractivity contribution is -0.142. The third-order valence-corrected chi connectivity index (χ3v) is 5.24. The van der Waals surface area contributed by atoms with Gasteiger partial charge in [-0.3, -0.25) is 9.59 Å². The number of hydrogen-bond acceptors (Lipinski definition) is 6. The zero-order valence-corrected chi connectivity index (χ0v) is 15.3. The van der Waals surface area contributed by atoms with Crippen molar-refractivity contribution in [2.45, 2.75) is 31.5 Å². The summed E-state index contributed by atoms with van der Waals surface area (Å²) in [5, 5.41) is 0. The first-order valence-corrected chi connectivity index (χ1v) is 9.61. The van der Waals surface area contributed by atoms with Crippen LogP contribution in [0, 0.1) is 0 Å². The number of piperazine rings is 1. The number of nitrogens with zero attached hydrogens (tertiary/aromatic N) is 3. The predicted octanol–water partition coefficient (Wildman–Crippen LogP) is 0.713. The highest BCUT2D eigenvalue weighted by molar-refractivity contribution is 5.94. The number of aromatic nitrogens is 1. The quantitative estimate of drug-likeness (QED) is 0.771. The summed E-state index contributed by atoms with van der Waals surface area (Å²) < 4.78 is 16.6. The molecular weight excluding hydrogens is 350 g/mol. The highest BCUT2D eigenvalue weighted by Gasteiger charge is 2.31. The predicted molar refractivity (Wildman–Crippen MR) is 95.5 cm³/mol. The highest BCUT2D eigenvalue weighted by Crippen LogP contribution is 2.19. The lowest BCUT2D eigenvalue weighted by atomic mass is 10.1. The maximum absolute atomic E-state index is 12.8. The molecule has 0 saturated carbocycles. The molecule has 0 N–H and O–H groups in total. The normalized spacial score (nSPS) is 25.6. The minimum Gasteiger partial charge on any atom is -0.472 e. The van der Waals surface area contributed by atoms with Gasteiger partial charge in [0.2, 0.25) is 5.88 Å². The van der Waals surface area contributed by atoms with Crippen LogP contribution in [0.25, 0.3) is 0 Å². The Morgan fingerprint density at radius 1 is 1.11 bits per heavy atom. The summed E-state index contributed by atoms with van der Waals surface area (Å²) in [6.45, 7) is 4.03. The van der Waals surface area contributed by atoms with Gasteiger partial charge in [-0.15, -0.1) is 0 Å². The van der Waals surface area contributed by atoms with E-state index in [9.17, 15) is 9.59 Å². The van der Waals surface area contributed by atoms with E-state index in [0.29, 0.717) is 57.4 Å². The third kappa shape index (κ3) is 4.22. The SMILES string of the molecule is O=C(c1ccnc(OC2CCOC2)c1)N1CCN(C(=O)C2CCCO2)CC1. The van der Waals surface area contributed by atoms with Crippen LogP contribution >= 0.6 is 0 Å². The number of pyridine rings is 1. The summed E-state index contributed by atoms with van der Waals surface area (Å²) >= 11 is 0. The van der Waals surface area contributed by atoms with Gasteiger partial charge in [0.05, 0.1) is 13.2 Å². The number of hydrogen-bond donors (Lipinski definition) is 0. The van der Waals surface area contributed by atoms with E-state index in [-0.39, 0.29) is 24.0 Å². The molecule has 3 fully saturated rings. The standard InChI is InChI=1S/C19H25N3O5/c23-18(14-3-5-20-17(12-14)27-15-4-11-25-13-15)21-6-8-22(9-7-21)19(24)16-2-1-10-26-16/h3,5,12,15-16H,1-2,4,6-11,13H2. The van der Waals surface area contributed by atoms with Crippen LogP contribution in [-0.4, -0.2) is 84.8 Å². The number of carbonyl (C=O) groups is 2. The molecule has 3 aliphatic heterocycles. The van der Waals surface area contributed by atoms with E-state index in [1.54, 1.807) is 28.1 Å². The molecule has 3 aliphatic rings. The van der Waals surface area contributed by atoms with Crippen molar-refractivity contribution >= 4 is 11.8 Å². The number of carbonyl (C=O) groups excluding carboxylic acids is 2. The Kier molecular flexibility index (Phi) is 5.54. The average molecular weight is 375 g/mol. The van der Waals surface area contributed by atoms with Crippen LogP contribution in [-0.2, 0) is 14.3 Å². The molecule has 4 rings (SSSR count). The zero-order valence-electron chi connectivity index (χ0n) is 15.3. The summed E-state index contributed by atoms with van der Waals surface area (Å²) in [7, 11) is 0. The monoisotopic (exact) mass is 375 g/mol. The first kappa shape index (κ1) is 18.2.